The maximum Gasteiger partial charge on any atom is 0.127 e. The van der Waals surface area contributed by atoms with Crippen molar-refractivity contribution in [1.82, 2.24) is 4.98 Å². The summed E-state index contributed by atoms with van der Waals surface area (Å²) < 4.78 is 12.8. The summed E-state index contributed by atoms with van der Waals surface area (Å²) in [7, 11) is 0. The number of unbranched alkanes of at least 4 members (excludes halogenated alkanes) is 2. The van der Waals surface area contributed by atoms with Gasteiger partial charge in [-0.2, -0.15) is 0 Å². The number of aliphatic hydroxyl groups excluding tert-OH is 1. The minimum atomic E-state index is -0.340. The van der Waals surface area contributed by atoms with Crippen LogP contribution in [0.15, 0.2) is 65.8 Å². The van der Waals surface area contributed by atoms with E-state index in [-0.39, 0.29) is 12.2 Å². The molecular formula is C29H32ClNO3S. The summed E-state index contributed by atoms with van der Waals surface area (Å²) in [6.45, 7) is 0.735. The molecule has 0 aliphatic heterocycles. The lowest BCUT2D eigenvalue weighted by atomic mass is 9.96. The van der Waals surface area contributed by atoms with Crippen molar-refractivity contribution < 1.29 is 14.6 Å². The summed E-state index contributed by atoms with van der Waals surface area (Å²) in [6.07, 6.45) is 11.4. The number of halogens is 1. The third-order valence-corrected chi connectivity index (χ3v) is 8.05. The van der Waals surface area contributed by atoms with Crippen LogP contribution >= 0.6 is 23.4 Å². The highest BCUT2D eigenvalue weighted by Crippen LogP contribution is 2.53. The smallest absolute Gasteiger partial charge is 0.127 e. The number of aromatic nitrogens is 1. The van der Waals surface area contributed by atoms with E-state index in [1.165, 1.54) is 4.90 Å². The Bertz CT molecular complexity index is 1150. The van der Waals surface area contributed by atoms with Crippen molar-refractivity contribution in [3.63, 3.8) is 0 Å². The number of benzene rings is 2. The fourth-order valence-electron chi connectivity index (χ4n) is 4.30. The lowest BCUT2D eigenvalue weighted by molar-refractivity contribution is 0.0173. The van der Waals surface area contributed by atoms with Gasteiger partial charge in [-0.3, -0.25) is 4.98 Å². The van der Waals surface area contributed by atoms with Crippen LogP contribution in [0.25, 0.3) is 11.1 Å². The van der Waals surface area contributed by atoms with Crippen LogP contribution in [-0.2, 0) is 16.9 Å². The van der Waals surface area contributed by atoms with Gasteiger partial charge in [-0.15, -0.1) is 11.8 Å². The van der Waals surface area contributed by atoms with Crippen LogP contribution in [0.5, 0.6) is 5.75 Å². The molecule has 6 heteroatoms. The van der Waals surface area contributed by atoms with Crippen LogP contribution < -0.4 is 4.74 Å². The highest BCUT2D eigenvalue weighted by atomic mass is 35.5. The Morgan fingerprint density at radius 2 is 1.89 bits per heavy atom. The Morgan fingerprint density at radius 1 is 1.03 bits per heavy atom. The van der Waals surface area contributed by atoms with Crippen molar-refractivity contribution >= 4 is 23.4 Å². The van der Waals surface area contributed by atoms with Crippen molar-refractivity contribution in [3.8, 4) is 16.9 Å². The van der Waals surface area contributed by atoms with E-state index in [1.807, 2.05) is 36.3 Å². The number of pyridine rings is 1. The van der Waals surface area contributed by atoms with Gasteiger partial charge in [0.1, 0.15) is 5.75 Å². The van der Waals surface area contributed by atoms with E-state index in [1.54, 1.807) is 0 Å². The fraction of sp³-hybridized carbons (Fsp3) is 0.414. The Kier molecular flexibility index (Phi) is 7.98. The number of hydrogen-bond acceptors (Lipinski definition) is 5. The van der Waals surface area contributed by atoms with Crippen LogP contribution in [-0.4, -0.2) is 28.6 Å². The third-order valence-electron chi connectivity index (χ3n) is 6.60. The molecule has 4 nitrogen and oxygen atoms in total. The maximum atomic E-state index is 8.95. The van der Waals surface area contributed by atoms with Gasteiger partial charge in [-0.1, -0.05) is 36.2 Å². The monoisotopic (exact) mass is 509 g/mol. The molecule has 1 heterocycles. The lowest BCUT2D eigenvalue weighted by Crippen LogP contribution is -2.14. The lowest BCUT2D eigenvalue weighted by Gasteiger charge is -2.22. The first-order chi connectivity index (χ1) is 17.2. The van der Waals surface area contributed by atoms with Gasteiger partial charge in [0.25, 0.3) is 0 Å². The highest BCUT2D eigenvalue weighted by Gasteiger charge is 2.47. The van der Waals surface area contributed by atoms with Crippen molar-refractivity contribution in [2.45, 2.75) is 68.2 Å². The van der Waals surface area contributed by atoms with Gasteiger partial charge in [-0.25, -0.2) is 0 Å². The third kappa shape index (κ3) is 6.21. The number of ether oxygens (including phenoxy) is 2. The summed E-state index contributed by atoms with van der Waals surface area (Å²) in [4.78, 5) is 5.66. The largest absolute Gasteiger partial charge is 0.490 e. The molecule has 0 radical (unpaired) electrons. The summed E-state index contributed by atoms with van der Waals surface area (Å²) in [5.74, 6) is 1.97. The Morgan fingerprint density at radius 3 is 2.69 bits per heavy atom. The SMILES string of the molecule is OCCCCCSc1ccc(Cl)c(COC2(c3cnccc3-c3ccccc3OC3CC3)CC2)c1. The normalized spacial score (nSPS) is 16.3. The molecule has 35 heavy (non-hydrogen) atoms. The quantitative estimate of drug-likeness (QED) is 0.192. The molecule has 0 bridgehead atoms. The molecule has 3 aromatic rings. The van der Waals surface area contributed by atoms with Crippen LogP contribution in [0.1, 0.15) is 56.1 Å². The zero-order valence-corrected chi connectivity index (χ0v) is 21.5. The Labute approximate surface area is 217 Å². The van der Waals surface area contributed by atoms with E-state index in [4.69, 9.17) is 26.2 Å². The van der Waals surface area contributed by atoms with Gasteiger partial charge in [0.15, 0.2) is 0 Å². The van der Waals surface area contributed by atoms with Crippen molar-refractivity contribution in [2.75, 3.05) is 12.4 Å². The predicted molar refractivity (Wildman–Crippen MR) is 142 cm³/mol. The molecule has 0 atom stereocenters. The first-order valence-electron chi connectivity index (χ1n) is 12.6. The van der Waals surface area contributed by atoms with Crippen LogP contribution in [0.2, 0.25) is 5.02 Å². The number of rotatable bonds is 13. The molecule has 2 aliphatic rings. The van der Waals surface area contributed by atoms with Gasteiger partial charge < -0.3 is 14.6 Å². The fourth-order valence-corrected chi connectivity index (χ4v) is 5.45. The molecule has 1 N–H and O–H groups in total. The molecule has 5 rings (SSSR count). The maximum absolute atomic E-state index is 8.95. The minimum absolute atomic E-state index is 0.270. The second-order valence-corrected chi connectivity index (χ2v) is 11.0. The predicted octanol–water partition coefficient (Wildman–Crippen LogP) is 7.40. The van der Waals surface area contributed by atoms with E-state index in [0.717, 1.165) is 83.7 Å². The molecule has 0 saturated heterocycles. The molecule has 0 unspecified atom stereocenters. The molecule has 2 aliphatic carbocycles. The summed E-state index contributed by atoms with van der Waals surface area (Å²) in [5.41, 5.74) is 4.03. The van der Waals surface area contributed by atoms with E-state index in [0.29, 0.717) is 12.7 Å². The number of thioether (sulfide) groups is 1. The first-order valence-corrected chi connectivity index (χ1v) is 13.9. The first kappa shape index (κ1) is 24.6. The molecule has 1 aromatic heterocycles. The van der Waals surface area contributed by atoms with E-state index in [9.17, 15) is 0 Å². The standard InChI is InChI=1S/C29H32ClNO3S/c30-27-11-10-23(35-17-5-1-4-16-32)18-21(27)20-33-29(13-14-29)26-19-31-15-12-24(26)25-6-2-3-7-28(25)34-22-8-9-22/h2-3,6-7,10-12,15,18-19,22,32H,1,4-5,8-9,13-14,16-17,20H2. The van der Waals surface area contributed by atoms with Gasteiger partial charge in [-0.05, 0) is 85.7 Å². The van der Waals surface area contributed by atoms with Crippen LogP contribution in [0, 0.1) is 0 Å². The van der Waals surface area contributed by atoms with Gasteiger partial charge in [0.05, 0.1) is 18.3 Å². The van der Waals surface area contributed by atoms with Gasteiger partial charge in [0.2, 0.25) is 0 Å². The van der Waals surface area contributed by atoms with Crippen LogP contribution in [0.3, 0.4) is 0 Å². The molecule has 2 aromatic carbocycles. The topological polar surface area (TPSA) is 51.6 Å². The molecular weight excluding hydrogens is 478 g/mol. The number of nitrogens with zero attached hydrogens (tertiary/aromatic N) is 1. The van der Waals surface area contributed by atoms with Gasteiger partial charge >= 0.3 is 0 Å². The van der Waals surface area contributed by atoms with E-state index < -0.39 is 0 Å². The number of aliphatic hydroxyl groups is 1. The number of hydrogen-bond donors (Lipinski definition) is 1. The average Bonchev–Trinajstić information content (AvgIpc) is 3.82. The summed E-state index contributed by atoms with van der Waals surface area (Å²) in [6, 6.07) is 16.6. The zero-order chi connectivity index (χ0) is 24.1. The van der Waals surface area contributed by atoms with Crippen molar-refractivity contribution in [2.24, 2.45) is 0 Å². The summed E-state index contributed by atoms with van der Waals surface area (Å²) in [5, 5.41) is 9.68. The van der Waals surface area contributed by atoms with E-state index >= 15 is 0 Å². The average molecular weight is 510 g/mol. The Hall–Kier alpha value is -2.05. The van der Waals surface area contributed by atoms with E-state index in [2.05, 4.69) is 41.4 Å². The van der Waals surface area contributed by atoms with Crippen LogP contribution in [0.4, 0.5) is 0 Å². The zero-order valence-electron chi connectivity index (χ0n) is 19.9. The second kappa shape index (κ2) is 11.3. The Balaban J connectivity index is 1.31. The highest BCUT2D eigenvalue weighted by molar-refractivity contribution is 7.99. The summed E-state index contributed by atoms with van der Waals surface area (Å²) >= 11 is 8.38. The molecule has 2 fully saturated rings. The minimum Gasteiger partial charge on any atom is -0.490 e. The van der Waals surface area contributed by atoms with Crippen molar-refractivity contribution in [3.05, 3.63) is 77.1 Å². The second-order valence-electron chi connectivity index (χ2n) is 9.40. The molecule has 0 spiro atoms. The van der Waals surface area contributed by atoms with Crippen molar-refractivity contribution in [1.29, 1.82) is 0 Å². The number of para-hydroxylation sites is 1. The van der Waals surface area contributed by atoms with Gasteiger partial charge in [0, 0.05) is 40.0 Å². The molecule has 0 amide bonds. The molecule has 184 valence electrons. The molecule has 2 saturated carbocycles.